The minimum absolute atomic E-state index is 0.123. The smallest absolute Gasteiger partial charge is 0.323 e. The van der Waals surface area contributed by atoms with Gasteiger partial charge < -0.3 is 14.7 Å². The second-order valence-corrected chi connectivity index (χ2v) is 4.32. The molecule has 7 heteroatoms. The third kappa shape index (κ3) is 4.09. The van der Waals surface area contributed by atoms with E-state index in [4.69, 9.17) is 10.00 Å². The lowest BCUT2D eigenvalue weighted by Crippen LogP contribution is -2.16. The van der Waals surface area contributed by atoms with Crippen molar-refractivity contribution < 1.29 is 14.3 Å². The molecule has 1 aromatic heterocycles. The van der Waals surface area contributed by atoms with Gasteiger partial charge in [0.2, 0.25) is 0 Å². The van der Waals surface area contributed by atoms with Crippen LogP contribution >= 0.6 is 0 Å². The molecule has 0 saturated heterocycles. The Labute approximate surface area is 116 Å². The Bertz CT molecular complexity index is 579. The number of nitriles is 1. The summed E-state index contributed by atoms with van der Waals surface area (Å²) in [6, 6.07) is 1.90. The van der Waals surface area contributed by atoms with Crippen LogP contribution in [-0.4, -0.2) is 28.3 Å². The number of aryl methyl sites for hydroxylation is 1. The van der Waals surface area contributed by atoms with Crippen LogP contribution in [0.3, 0.4) is 0 Å². The molecule has 0 amide bonds. The van der Waals surface area contributed by atoms with E-state index < -0.39 is 17.4 Å². The molecule has 1 unspecified atom stereocenters. The number of Topliss-reactive ketones (excluding diaryl/α,β-unsaturated/α-hetero) is 1. The maximum Gasteiger partial charge on any atom is 0.323 e. The van der Waals surface area contributed by atoms with E-state index in [1.54, 1.807) is 13.8 Å². The summed E-state index contributed by atoms with van der Waals surface area (Å²) in [6.45, 7) is 3.60. The summed E-state index contributed by atoms with van der Waals surface area (Å²) in [6.07, 6.45) is 0.805. The van der Waals surface area contributed by atoms with Crippen molar-refractivity contribution in [2.24, 2.45) is 5.92 Å². The van der Waals surface area contributed by atoms with Gasteiger partial charge in [-0.05, 0) is 26.7 Å². The molecule has 1 rings (SSSR count). The normalized spacial score (nSPS) is 11.7. The molecule has 108 valence electrons. The maximum atomic E-state index is 12.1. The Kier molecular flexibility index (Phi) is 5.72. The van der Waals surface area contributed by atoms with Crippen molar-refractivity contribution in [3.63, 3.8) is 0 Å². The Morgan fingerprint density at radius 3 is 2.60 bits per heavy atom. The number of nitrogens with zero attached hydrogens (tertiary/aromatic N) is 1. The summed E-state index contributed by atoms with van der Waals surface area (Å²) in [7, 11) is 0. The molecule has 1 aromatic rings. The average Bonchev–Trinajstić information content (AvgIpc) is 2.73. The van der Waals surface area contributed by atoms with Crippen molar-refractivity contribution >= 4 is 11.8 Å². The van der Waals surface area contributed by atoms with Crippen LogP contribution in [0.1, 0.15) is 42.4 Å². The molecule has 1 heterocycles. The standard InChI is InChI=1S/C13H17N3O4/c1-3-20-10(17)6-4-5-9(7-14)12(18)11-8(2)15-13(19)16-11/h9H,3-6H2,1-2H3,(H2,15,16,19). The second-order valence-electron chi connectivity index (χ2n) is 4.32. The molecule has 0 spiro atoms. The first-order valence-electron chi connectivity index (χ1n) is 6.38. The minimum Gasteiger partial charge on any atom is -0.466 e. The number of H-pyrrole nitrogens is 2. The topological polar surface area (TPSA) is 116 Å². The zero-order valence-electron chi connectivity index (χ0n) is 11.5. The predicted molar refractivity (Wildman–Crippen MR) is 70.1 cm³/mol. The molecule has 0 saturated carbocycles. The van der Waals surface area contributed by atoms with Gasteiger partial charge in [-0.15, -0.1) is 0 Å². The fraction of sp³-hybridized carbons (Fsp3) is 0.538. The van der Waals surface area contributed by atoms with E-state index in [-0.39, 0.29) is 24.5 Å². The van der Waals surface area contributed by atoms with Crippen molar-refractivity contribution in [3.8, 4) is 6.07 Å². The van der Waals surface area contributed by atoms with Gasteiger partial charge in [-0.3, -0.25) is 9.59 Å². The third-order valence-electron chi connectivity index (χ3n) is 2.81. The number of nitrogens with one attached hydrogen (secondary N) is 2. The van der Waals surface area contributed by atoms with E-state index in [9.17, 15) is 14.4 Å². The molecule has 0 radical (unpaired) electrons. The summed E-state index contributed by atoms with van der Waals surface area (Å²) < 4.78 is 4.77. The number of hydrogen-bond acceptors (Lipinski definition) is 5. The van der Waals surface area contributed by atoms with E-state index in [1.807, 2.05) is 6.07 Å². The molecule has 0 aromatic carbocycles. The second kappa shape index (κ2) is 7.28. The Balaban J connectivity index is 2.61. The summed E-state index contributed by atoms with van der Waals surface area (Å²) in [5.41, 5.74) is 0.0531. The minimum atomic E-state index is -0.880. The Morgan fingerprint density at radius 2 is 2.10 bits per heavy atom. The van der Waals surface area contributed by atoms with Crippen LogP contribution in [0.25, 0.3) is 0 Å². The lowest BCUT2D eigenvalue weighted by Gasteiger charge is -2.07. The fourth-order valence-electron chi connectivity index (χ4n) is 1.83. The largest absolute Gasteiger partial charge is 0.466 e. The number of hydrogen-bond donors (Lipinski definition) is 2. The number of carbonyl (C=O) groups is 2. The van der Waals surface area contributed by atoms with Crippen LogP contribution in [0.15, 0.2) is 4.79 Å². The predicted octanol–water partition coefficient (Wildman–Crippen LogP) is 1.07. The summed E-state index contributed by atoms with van der Waals surface area (Å²) in [5.74, 6) is -1.66. The first kappa shape index (κ1) is 15.7. The van der Waals surface area contributed by atoms with Crippen LogP contribution in [0, 0.1) is 24.2 Å². The van der Waals surface area contributed by atoms with Crippen LogP contribution < -0.4 is 5.69 Å². The van der Waals surface area contributed by atoms with Crippen molar-refractivity contribution in [2.75, 3.05) is 6.61 Å². The van der Waals surface area contributed by atoms with Gasteiger partial charge in [-0.25, -0.2) is 4.79 Å². The molecule has 0 bridgehead atoms. The zero-order valence-corrected chi connectivity index (χ0v) is 11.5. The maximum absolute atomic E-state index is 12.1. The van der Waals surface area contributed by atoms with E-state index in [2.05, 4.69) is 9.97 Å². The highest BCUT2D eigenvalue weighted by Gasteiger charge is 2.23. The Morgan fingerprint density at radius 1 is 1.40 bits per heavy atom. The van der Waals surface area contributed by atoms with Gasteiger partial charge in [0.25, 0.3) is 0 Å². The SMILES string of the molecule is CCOC(=O)CCCC(C#N)C(=O)c1[nH]c(=O)[nH]c1C. The van der Waals surface area contributed by atoms with E-state index in [0.717, 1.165) is 0 Å². The van der Waals surface area contributed by atoms with Crippen molar-refractivity contribution in [2.45, 2.75) is 33.1 Å². The summed E-state index contributed by atoms with van der Waals surface area (Å²) in [4.78, 5) is 39.2. The van der Waals surface area contributed by atoms with Gasteiger partial charge >= 0.3 is 11.7 Å². The number of esters is 1. The molecule has 0 aliphatic rings. The zero-order chi connectivity index (χ0) is 15.1. The number of ketones is 1. The average molecular weight is 279 g/mol. The van der Waals surface area contributed by atoms with Gasteiger partial charge in [0, 0.05) is 12.1 Å². The van der Waals surface area contributed by atoms with Gasteiger partial charge in [-0.1, -0.05) is 0 Å². The molecule has 0 aliphatic carbocycles. The highest BCUT2D eigenvalue weighted by atomic mass is 16.5. The van der Waals surface area contributed by atoms with Crippen molar-refractivity contribution in [1.82, 2.24) is 9.97 Å². The van der Waals surface area contributed by atoms with Gasteiger partial charge in [0.05, 0.1) is 12.7 Å². The van der Waals surface area contributed by atoms with Crippen molar-refractivity contribution in [1.29, 1.82) is 5.26 Å². The van der Waals surface area contributed by atoms with E-state index in [1.165, 1.54) is 0 Å². The van der Waals surface area contributed by atoms with Crippen LogP contribution in [0.2, 0.25) is 0 Å². The molecule has 7 nitrogen and oxygen atoms in total. The number of rotatable bonds is 7. The van der Waals surface area contributed by atoms with E-state index >= 15 is 0 Å². The molecule has 20 heavy (non-hydrogen) atoms. The number of aromatic amines is 2. The van der Waals surface area contributed by atoms with Gasteiger partial charge in [-0.2, -0.15) is 5.26 Å². The quantitative estimate of drug-likeness (QED) is 0.572. The first-order valence-corrected chi connectivity index (χ1v) is 6.38. The first-order chi connectivity index (χ1) is 9.49. The van der Waals surface area contributed by atoms with Crippen LogP contribution in [0.5, 0.6) is 0 Å². The molecule has 0 fully saturated rings. The molecule has 0 aliphatic heterocycles. The van der Waals surface area contributed by atoms with Crippen LogP contribution in [-0.2, 0) is 9.53 Å². The number of imidazole rings is 1. The lowest BCUT2D eigenvalue weighted by molar-refractivity contribution is -0.143. The molecular formula is C13H17N3O4. The highest BCUT2D eigenvalue weighted by Crippen LogP contribution is 2.15. The van der Waals surface area contributed by atoms with Gasteiger partial charge in [0.1, 0.15) is 11.6 Å². The number of ether oxygens (including phenoxy) is 1. The summed E-state index contributed by atoms with van der Waals surface area (Å²) in [5, 5.41) is 9.03. The third-order valence-corrected chi connectivity index (χ3v) is 2.81. The van der Waals surface area contributed by atoms with Crippen molar-refractivity contribution in [3.05, 3.63) is 21.9 Å². The number of aromatic nitrogens is 2. The lowest BCUT2D eigenvalue weighted by atomic mass is 9.96. The Hall–Kier alpha value is -2.36. The number of carbonyl (C=O) groups excluding carboxylic acids is 2. The molecule has 2 N–H and O–H groups in total. The highest BCUT2D eigenvalue weighted by molar-refractivity contribution is 5.98. The molecule has 1 atom stereocenters. The van der Waals surface area contributed by atoms with Gasteiger partial charge in [0.15, 0.2) is 5.78 Å². The van der Waals surface area contributed by atoms with Crippen LogP contribution in [0.4, 0.5) is 0 Å². The monoisotopic (exact) mass is 279 g/mol. The fourth-order valence-corrected chi connectivity index (χ4v) is 1.83. The summed E-state index contributed by atoms with van der Waals surface area (Å²) >= 11 is 0. The molecular weight excluding hydrogens is 262 g/mol. The van der Waals surface area contributed by atoms with E-state index in [0.29, 0.717) is 18.7 Å².